The van der Waals surface area contributed by atoms with Gasteiger partial charge in [0.1, 0.15) is 11.4 Å². The molecule has 0 radical (unpaired) electrons. The molecule has 0 bridgehead atoms. The van der Waals surface area contributed by atoms with Crippen molar-refractivity contribution in [2.75, 3.05) is 5.32 Å². The predicted octanol–water partition coefficient (Wildman–Crippen LogP) is 2.28. The molecule has 0 atom stereocenters. The highest BCUT2D eigenvalue weighted by Crippen LogP contribution is 2.14. The Morgan fingerprint density at radius 3 is 3.00 bits per heavy atom. The lowest BCUT2D eigenvalue weighted by atomic mass is 10.3. The standard InChI is InChI=1S/C10H8ClN3O2/c1-6-5-16-10(13-6)14-9(15)7-3-2-4-12-8(7)11/h2-5H,1H3,(H,13,14,15). The fraction of sp³-hybridized carbons (Fsp3) is 0.100. The quantitative estimate of drug-likeness (QED) is 0.814. The molecule has 0 aliphatic carbocycles. The predicted molar refractivity (Wildman–Crippen MR) is 58.4 cm³/mol. The Balaban J connectivity index is 2.18. The molecule has 0 saturated carbocycles. The third-order valence-corrected chi connectivity index (χ3v) is 2.14. The van der Waals surface area contributed by atoms with Crippen LogP contribution in [0.2, 0.25) is 5.15 Å². The van der Waals surface area contributed by atoms with Gasteiger partial charge in [0.2, 0.25) is 0 Å². The van der Waals surface area contributed by atoms with Gasteiger partial charge < -0.3 is 4.42 Å². The number of rotatable bonds is 2. The summed E-state index contributed by atoms with van der Waals surface area (Å²) >= 11 is 5.77. The van der Waals surface area contributed by atoms with Gasteiger partial charge in [-0.3, -0.25) is 10.1 Å². The zero-order chi connectivity index (χ0) is 11.5. The number of halogens is 1. The zero-order valence-corrected chi connectivity index (χ0v) is 9.15. The summed E-state index contributed by atoms with van der Waals surface area (Å²) in [5, 5.41) is 2.62. The van der Waals surface area contributed by atoms with Crippen LogP contribution in [-0.4, -0.2) is 15.9 Å². The molecule has 1 N–H and O–H groups in total. The number of nitrogens with zero attached hydrogens (tertiary/aromatic N) is 2. The number of hydrogen-bond donors (Lipinski definition) is 1. The zero-order valence-electron chi connectivity index (χ0n) is 8.40. The summed E-state index contributed by atoms with van der Waals surface area (Å²) in [4.78, 5) is 19.5. The summed E-state index contributed by atoms with van der Waals surface area (Å²) in [5.41, 5.74) is 0.965. The van der Waals surface area contributed by atoms with Crippen LogP contribution in [0.1, 0.15) is 16.1 Å². The summed E-state index contributed by atoms with van der Waals surface area (Å²) in [5.74, 6) is -0.403. The van der Waals surface area contributed by atoms with E-state index in [1.165, 1.54) is 12.5 Å². The molecule has 2 aromatic rings. The minimum Gasteiger partial charge on any atom is -0.432 e. The van der Waals surface area contributed by atoms with Crippen LogP contribution in [-0.2, 0) is 0 Å². The molecular weight excluding hydrogens is 230 g/mol. The molecule has 82 valence electrons. The van der Waals surface area contributed by atoms with Crippen molar-refractivity contribution in [2.45, 2.75) is 6.92 Å². The molecule has 0 spiro atoms. The topological polar surface area (TPSA) is 68.0 Å². The smallest absolute Gasteiger partial charge is 0.301 e. The largest absolute Gasteiger partial charge is 0.432 e. The van der Waals surface area contributed by atoms with Crippen molar-refractivity contribution in [1.82, 2.24) is 9.97 Å². The summed E-state index contributed by atoms with van der Waals surface area (Å²) in [6.45, 7) is 1.76. The number of nitrogens with one attached hydrogen (secondary N) is 1. The fourth-order valence-electron chi connectivity index (χ4n) is 1.13. The molecule has 2 aromatic heterocycles. The van der Waals surface area contributed by atoms with Gasteiger partial charge in [0.25, 0.3) is 5.91 Å². The fourth-order valence-corrected chi connectivity index (χ4v) is 1.34. The van der Waals surface area contributed by atoms with Crippen LogP contribution >= 0.6 is 11.6 Å². The Morgan fingerprint density at radius 1 is 1.56 bits per heavy atom. The molecule has 1 amide bonds. The SMILES string of the molecule is Cc1coc(NC(=O)c2cccnc2Cl)n1. The minimum absolute atomic E-state index is 0.141. The Morgan fingerprint density at radius 2 is 2.38 bits per heavy atom. The van der Waals surface area contributed by atoms with E-state index in [-0.39, 0.29) is 16.7 Å². The first-order chi connectivity index (χ1) is 7.66. The summed E-state index contributed by atoms with van der Waals surface area (Å²) in [6, 6.07) is 3.34. The van der Waals surface area contributed by atoms with E-state index in [0.717, 1.165) is 0 Å². The van der Waals surface area contributed by atoms with E-state index in [4.69, 9.17) is 16.0 Å². The van der Waals surface area contributed by atoms with E-state index >= 15 is 0 Å². The van der Waals surface area contributed by atoms with Gasteiger partial charge in [0.15, 0.2) is 0 Å². The van der Waals surface area contributed by atoms with Gasteiger partial charge >= 0.3 is 6.01 Å². The molecule has 0 aromatic carbocycles. The van der Waals surface area contributed by atoms with Crippen molar-refractivity contribution in [3.63, 3.8) is 0 Å². The summed E-state index contributed by atoms with van der Waals surface area (Å²) in [7, 11) is 0. The number of carbonyl (C=O) groups is 1. The van der Waals surface area contributed by atoms with Crippen LogP contribution in [0, 0.1) is 6.92 Å². The molecule has 16 heavy (non-hydrogen) atoms. The van der Waals surface area contributed by atoms with Gasteiger partial charge in [0.05, 0.1) is 11.3 Å². The van der Waals surface area contributed by atoms with E-state index in [1.54, 1.807) is 19.1 Å². The van der Waals surface area contributed by atoms with Crippen molar-refractivity contribution in [3.8, 4) is 0 Å². The van der Waals surface area contributed by atoms with Gasteiger partial charge in [-0.05, 0) is 19.1 Å². The molecule has 6 heteroatoms. The number of anilines is 1. The van der Waals surface area contributed by atoms with Crippen molar-refractivity contribution in [3.05, 3.63) is 41.0 Å². The summed E-state index contributed by atoms with van der Waals surface area (Å²) < 4.78 is 4.99. The van der Waals surface area contributed by atoms with Crippen LogP contribution in [0.15, 0.2) is 29.0 Å². The summed E-state index contributed by atoms with van der Waals surface area (Å²) in [6.07, 6.45) is 2.95. The highest BCUT2D eigenvalue weighted by Gasteiger charge is 2.12. The number of pyridine rings is 1. The maximum atomic E-state index is 11.7. The lowest BCUT2D eigenvalue weighted by Crippen LogP contribution is -2.13. The lowest BCUT2D eigenvalue weighted by Gasteiger charge is -2.01. The number of aromatic nitrogens is 2. The first-order valence-corrected chi connectivity index (χ1v) is 4.88. The lowest BCUT2D eigenvalue weighted by molar-refractivity contribution is 0.102. The molecule has 2 heterocycles. The second-order valence-corrected chi connectivity index (χ2v) is 3.45. The minimum atomic E-state index is -0.403. The third-order valence-electron chi connectivity index (χ3n) is 1.84. The molecule has 0 fully saturated rings. The molecule has 2 rings (SSSR count). The first kappa shape index (κ1) is 10.6. The Labute approximate surface area is 96.5 Å². The van der Waals surface area contributed by atoms with E-state index in [9.17, 15) is 4.79 Å². The van der Waals surface area contributed by atoms with Crippen molar-refractivity contribution < 1.29 is 9.21 Å². The van der Waals surface area contributed by atoms with Crippen LogP contribution in [0.4, 0.5) is 6.01 Å². The molecule has 0 aliphatic rings. The van der Waals surface area contributed by atoms with Crippen LogP contribution in [0.25, 0.3) is 0 Å². The maximum Gasteiger partial charge on any atom is 0.301 e. The van der Waals surface area contributed by atoms with Crippen LogP contribution in [0.3, 0.4) is 0 Å². The van der Waals surface area contributed by atoms with E-state index < -0.39 is 5.91 Å². The molecule has 0 aliphatic heterocycles. The average molecular weight is 238 g/mol. The van der Waals surface area contributed by atoms with Gasteiger partial charge in [-0.1, -0.05) is 11.6 Å². The van der Waals surface area contributed by atoms with Crippen LogP contribution < -0.4 is 5.32 Å². The second-order valence-electron chi connectivity index (χ2n) is 3.09. The monoisotopic (exact) mass is 237 g/mol. The molecular formula is C10H8ClN3O2. The van der Waals surface area contributed by atoms with Crippen molar-refractivity contribution in [1.29, 1.82) is 0 Å². The van der Waals surface area contributed by atoms with Crippen molar-refractivity contribution >= 4 is 23.5 Å². The van der Waals surface area contributed by atoms with Gasteiger partial charge in [-0.25, -0.2) is 4.98 Å². The average Bonchev–Trinajstić information content (AvgIpc) is 2.64. The van der Waals surface area contributed by atoms with Crippen molar-refractivity contribution in [2.24, 2.45) is 0 Å². The molecule has 5 nitrogen and oxygen atoms in total. The Hall–Kier alpha value is -1.88. The van der Waals surface area contributed by atoms with Gasteiger partial charge in [0, 0.05) is 6.20 Å². The normalized spacial score (nSPS) is 10.1. The number of oxazole rings is 1. The molecule has 0 saturated heterocycles. The second kappa shape index (κ2) is 4.32. The number of carbonyl (C=O) groups excluding carboxylic acids is 1. The van der Waals surface area contributed by atoms with E-state index in [1.807, 2.05) is 0 Å². The number of amides is 1. The van der Waals surface area contributed by atoms with Gasteiger partial charge in [-0.15, -0.1) is 0 Å². The van der Waals surface area contributed by atoms with E-state index in [2.05, 4.69) is 15.3 Å². The third kappa shape index (κ3) is 2.20. The Kier molecular flexibility index (Phi) is 2.87. The highest BCUT2D eigenvalue weighted by molar-refractivity contribution is 6.33. The first-order valence-electron chi connectivity index (χ1n) is 4.51. The Bertz CT molecular complexity index is 524. The highest BCUT2D eigenvalue weighted by atomic mass is 35.5. The number of hydrogen-bond acceptors (Lipinski definition) is 4. The maximum absolute atomic E-state index is 11.7. The van der Waals surface area contributed by atoms with Crippen LogP contribution in [0.5, 0.6) is 0 Å². The van der Waals surface area contributed by atoms with E-state index in [0.29, 0.717) is 5.69 Å². The number of aryl methyl sites for hydroxylation is 1. The van der Waals surface area contributed by atoms with Gasteiger partial charge in [-0.2, -0.15) is 4.98 Å². The molecule has 0 unspecified atom stereocenters.